The van der Waals surface area contributed by atoms with Gasteiger partial charge in [0.05, 0.1) is 12.7 Å². The number of rotatable bonds is 4. The molecular formula is C14H28N2O. The maximum atomic E-state index is 6.05. The molecule has 3 heteroatoms. The number of nitrogens with two attached hydrogens (primary N) is 1. The van der Waals surface area contributed by atoms with Crippen LogP contribution in [0.1, 0.15) is 46.0 Å². The molecule has 100 valence electrons. The van der Waals surface area contributed by atoms with Gasteiger partial charge in [-0.2, -0.15) is 0 Å². The monoisotopic (exact) mass is 240 g/mol. The lowest BCUT2D eigenvalue weighted by Crippen LogP contribution is -2.53. The van der Waals surface area contributed by atoms with Crippen LogP contribution in [0.15, 0.2) is 0 Å². The van der Waals surface area contributed by atoms with E-state index in [1.807, 2.05) is 0 Å². The summed E-state index contributed by atoms with van der Waals surface area (Å²) < 4.78 is 5.77. The molecule has 0 radical (unpaired) electrons. The lowest BCUT2D eigenvalue weighted by molar-refractivity contribution is -0.0682. The molecule has 2 atom stereocenters. The first-order chi connectivity index (χ1) is 8.19. The van der Waals surface area contributed by atoms with E-state index in [4.69, 9.17) is 10.5 Å². The van der Waals surface area contributed by atoms with Crippen molar-refractivity contribution >= 4 is 0 Å². The number of hydrogen-bond donors (Lipinski definition) is 1. The summed E-state index contributed by atoms with van der Waals surface area (Å²) in [6.07, 6.45) is 6.96. The Kier molecular flexibility index (Phi) is 4.45. The minimum absolute atomic E-state index is 0.383. The fourth-order valence-corrected chi connectivity index (χ4v) is 3.47. The molecule has 1 saturated carbocycles. The molecule has 2 N–H and O–H groups in total. The average molecular weight is 240 g/mol. The number of hydrogen-bond acceptors (Lipinski definition) is 3. The van der Waals surface area contributed by atoms with Crippen molar-refractivity contribution in [1.82, 2.24) is 4.90 Å². The summed E-state index contributed by atoms with van der Waals surface area (Å²) in [5, 5.41) is 0. The Morgan fingerprint density at radius 1 is 1.35 bits per heavy atom. The van der Waals surface area contributed by atoms with E-state index in [1.54, 1.807) is 0 Å². The Morgan fingerprint density at radius 2 is 2.06 bits per heavy atom. The van der Waals surface area contributed by atoms with Gasteiger partial charge in [0, 0.05) is 19.1 Å². The van der Waals surface area contributed by atoms with Gasteiger partial charge in [-0.25, -0.2) is 0 Å². The van der Waals surface area contributed by atoms with Crippen LogP contribution < -0.4 is 5.73 Å². The maximum absolute atomic E-state index is 6.05. The van der Waals surface area contributed by atoms with Crippen LogP contribution in [-0.2, 0) is 4.74 Å². The van der Waals surface area contributed by atoms with Crippen LogP contribution >= 0.6 is 0 Å². The smallest absolute Gasteiger partial charge is 0.0674 e. The van der Waals surface area contributed by atoms with E-state index in [-0.39, 0.29) is 0 Å². The average Bonchev–Trinajstić information content (AvgIpc) is 2.79. The van der Waals surface area contributed by atoms with Gasteiger partial charge in [-0.1, -0.05) is 19.8 Å². The Hall–Kier alpha value is -0.120. The molecule has 0 bridgehead atoms. The van der Waals surface area contributed by atoms with Gasteiger partial charge in [0.2, 0.25) is 0 Å². The molecule has 0 amide bonds. The third-order valence-electron chi connectivity index (χ3n) is 4.69. The normalized spacial score (nSPS) is 34.1. The van der Waals surface area contributed by atoms with Crippen molar-refractivity contribution in [2.45, 2.75) is 58.1 Å². The summed E-state index contributed by atoms with van der Waals surface area (Å²) in [5.41, 5.74) is 6.46. The molecule has 3 nitrogen and oxygen atoms in total. The molecule has 2 fully saturated rings. The fraction of sp³-hybridized carbons (Fsp3) is 1.00. The van der Waals surface area contributed by atoms with E-state index in [0.29, 0.717) is 17.6 Å². The van der Waals surface area contributed by atoms with Gasteiger partial charge in [0.25, 0.3) is 0 Å². The standard InChI is InChI=1S/C14H28N2O/c1-3-13-9-17-12(2)8-16(13)11-14(10-15)6-4-5-7-14/h12-13H,3-11,15H2,1-2H3. The van der Waals surface area contributed by atoms with E-state index in [2.05, 4.69) is 18.7 Å². The van der Waals surface area contributed by atoms with Crippen molar-refractivity contribution in [1.29, 1.82) is 0 Å². The predicted molar refractivity (Wildman–Crippen MR) is 71.0 cm³/mol. The van der Waals surface area contributed by atoms with Crippen LogP contribution in [0.3, 0.4) is 0 Å². The van der Waals surface area contributed by atoms with E-state index in [9.17, 15) is 0 Å². The molecule has 0 aromatic carbocycles. The summed E-state index contributed by atoms with van der Waals surface area (Å²) in [5.74, 6) is 0. The summed E-state index contributed by atoms with van der Waals surface area (Å²) in [7, 11) is 0. The molecule has 17 heavy (non-hydrogen) atoms. The molecule has 0 aromatic rings. The second kappa shape index (κ2) is 5.68. The third-order valence-corrected chi connectivity index (χ3v) is 4.69. The second-order valence-corrected chi connectivity index (χ2v) is 6.05. The Bertz CT molecular complexity index is 238. The minimum Gasteiger partial charge on any atom is -0.376 e. The van der Waals surface area contributed by atoms with Crippen molar-refractivity contribution in [3.8, 4) is 0 Å². The zero-order chi connectivity index (χ0) is 12.3. The Morgan fingerprint density at radius 3 is 2.65 bits per heavy atom. The van der Waals surface area contributed by atoms with Gasteiger partial charge >= 0.3 is 0 Å². The second-order valence-electron chi connectivity index (χ2n) is 6.05. The van der Waals surface area contributed by atoms with Crippen molar-refractivity contribution < 1.29 is 4.74 Å². The van der Waals surface area contributed by atoms with Crippen molar-refractivity contribution in [2.24, 2.45) is 11.1 Å². The largest absolute Gasteiger partial charge is 0.376 e. The lowest BCUT2D eigenvalue weighted by atomic mass is 9.85. The quantitative estimate of drug-likeness (QED) is 0.817. The Balaban J connectivity index is 1.98. The van der Waals surface area contributed by atoms with Gasteiger partial charge in [-0.05, 0) is 38.1 Å². The summed E-state index contributed by atoms with van der Waals surface area (Å²) >= 11 is 0. The number of ether oxygens (including phenoxy) is 1. The van der Waals surface area contributed by atoms with Crippen LogP contribution in [0.25, 0.3) is 0 Å². The van der Waals surface area contributed by atoms with Crippen molar-refractivity contribution in [3.63, 3.8) is 0 Å². The first-order valence-electron chi connectivity index (χ1n) is 7.25. The Labute approximate surface area is 106 Å². The van der Waals surface area contributed by atoms with E-state index >= 15 is 0 Å². The summed E-state index contributed by atoms with van der Waals surface area (Å²) in [6.45, 7) is 8.48. The molecule has 0 aromatic heterocycles. The lowest BCUT2D eigenvalue weighted by Gasteiger charge is -2.43. The molecule has 2 aliphatic rings. The molecule has 1 heterocycles. The number of morpholine rings is 1. The fourth-order valence-electron chi connectivity index (χ4n) is 3.47. The molecule has 2 unspecified atom stereocenters. The van der Waals surface area contributed by atoms with Crippen molar-refractivity contribution in [3.05, 3.63) is 0 Å². The molecule has 2 rings (SSSR count). The highest BCUT2D eigenvalue weighted by molar-refractivity contribution is 4.91. The molecule has 1 saturated heterocycles. The van der Waals surface area contributed by atoms with Crippen LogP contribution in [0.4, 0.5) is 0 Å². The van der Waals surface area contributed by atoms with Crippen molar-refractivity contribution in [2.75, 3.05) is 26.2 Å². The molecule has 1 aliphatic carbocycles. The topological polar surface area (TPSA) is 38.5 Å². The van der Waals surface area contributed by atoms with Gasteiger partial charge in [-0.15, -0.1) is 0 Å². The third kappa shape index (κ3) is 3.01. The SMILES string of the molecule is CCC1COC(C)CN1CC1(CN)CCCC1. The summed E-state index contributed by atoms with van der Waals surface area (Å²) in [6, 6.07) is 0.607. The zero-order valence-corrected chi connectivity index (χ0v) is 11.5. The molecule has 0 spiro atoms. The van der Waals surface area contributed by atoms with Gasteiger partial charge in [-0.3, -0.25) is 4.90 Å². The van der Waals surface area contributed by atoms with Gasteiger partial charge in [0.15, 0.2) is 0 Å². The number of nitrogens with zero attached hydrogens (tertiary/aromatic N) is 1. The van der Waals surface area contributed by atoms with Gasteiger partial charge < -0.3 is 10.5 Å². The first kappa shape index (κ1) is 13.3. The van der Waals surface area contributed by atoms with Crippen LogP contribution in [0, 0.1) is 5.41 Å². The van der Waals surface area contributed by atoms with E-state index < -0.39 is 0 Å². The molecule has 1 aliphatic heterocycles. The van der Waals surface area contributed by atoms with Crippen LogP contribution in [-0.4, -0.2) is 43.3 Å². The van der Waals surface area contributed by atoms with E-state index in [0.717, 1.165) is 19.7 Å². The first-order valence-corrected chi connectivity index (χ1v) is 7.25. The van der Waals surface area contributed by atoms with Gasteiger partial charge in [0.1, 0.15) is 0 Å². The predicted octanol–water partition coefficient (Wildman–Crippen LogP) is 2.00. The highest BCUT2D eigenvalue weighted by Crippen LogP contribution is 2.38. The highest BCUT2D eigenvalue weighted by Gasteiger charge is 2.37. The highest BCUT2D eigenvalue weighted by atomic mass is 16.5. The summed E-state index contributed by atoms with van der Waals surface area (Å²) in [4.78, 5) is 2.65. The minimum atomic E-state index is 0.383. The van der Waals surface area contributed by atoms with E-state index in [1.165, 1.54) is 38.6 Å². The molecular weight excluding hydrogens is 212 g/mol. The van der Waals surface area contributed by atoms with Crippen LogP contribution in [0.2, 0.25) is 0 Å². The zero-order valence-electron chi connectivity index (χ0n) is 11.5. The maximum Gasteiger partial charge on any atom is 0.0674 e. The van der Waals surface area contributed by atoms with Crippen LogP contribution in [0.5, 0.6) is 0 Å².